The monoisotopic (exact) mass is 210 g/mol. The zero-order valence-electron chi connectivity index (χ0n) is 9.15. The first-order chi connectivity index (χ1) is 7.34. The second-order valence-electron chi connectivity index (χ2n) is 3.95. The van der Waals surface area contributed by atoms with Gasteiger partial charge in [0, 0.05) is 20.2 Å². The highest BCUT2D eigenvalue weighted by Gasteiger charge is 2.13. The van der Waals surface area contributed by atoms with Crippen molar-refractivity contribution in [2.75, 3.05) is 13.2 Å². The quantitative estimate of drug-likeness (QED) is 0.785. The Hall–Kier alpha value is -0.940. The van der Waals surface area contributed by atoms with Crippen LogP contribution in [0.3, 0.4) is 0 Å². The summed E-state index contributed by atoms with van der Waals surface area (Å²) in [5, 5.41) is 7.52. The Morgan fingerprint density at radius 3 is 3.20 bits per heavy atom. The van der Waals surface area contributed by atoms with Gasteiger partial charge in [0.25, 0.3) is 0 Å². The molecule has 2 heterocycles. The standard InChI is InChI=1S/C10H18N4O/c1-14-8-12-10(13-14)7-11-6-9-4-2-3-5-15-9/h8-9,11H,2-7H2,1H3. The van der Waals surface area contributed by atoms with Crippen LogP contribution in [0.1, 0.15) is 25.1 Å². The molecule has 15 heavy (non-hydrogen) atoms. The lowest BCUT2D eigenvalue weighted by atomic mass is 10.1. The Morgan fingerprint density at radius 1 is 1.60 bits per heavy atom. The van der Waals surface area contributed by atoms with Gasteiger partial charge < -0.3 is 10.1 Å². The second kappa shape index (κ2) is 5.23. The summed E-state index contributed by atoms with van der Waals surface area (Å²) in [6.45, 7) is 2.53. The number of hydrogen-bond acceptors (Lipinski definition) is 4. The van der Waals surface area contributed by atoms with Gasteiger partial charge in [-0.1, -0.05) is 0 Å². The molecule has 0 saturated carbocycles. The smallest absolute Gasteiger partial charge is 0.164 e. The maximum atomic E-state index is 5.61. The summed E-state index contributed by atoms with van der Waals surface area (Å²) in [5.74, 6) is 0.841. The lowest BCUT2D eigenvalue weighted by molar-refractivity contribution is 0.0167. The molecule has 0 amide bonds. The molecule has 0 radical (unpaired) electrons. The average Bonchev–Trinajstić information content (AvgIpc) is 2.66. The fourth-order valence-electron chi connectivity index (χ4n) is 1.78. The third-order valence-electron chi connectivity index (χ3n) is 2.58. The molecular formula is C10H18N4O. The van der Waals surface area contributed by atoms with E-state index in [1.54, 1.807) is 11.0 Å². The van der Waals surface area contributed by atoms with Crippen LogP contribution >= 0.6 is 0 Å². The predicted octanol–water partition coefficient (Wildman–Crippen LogP) is 0.474. The van der Waals surface area contributed by atoms with Crippen molar-refractivity contribution >= 4 is 0 Å². The van der Waals surface area contributed by atoms with Crippen LogP contribution in [-0.2, 0) is 18.3 Å². The van der Waals surface area contributed by atoms with Crippen molar-refractivity contribution in [3.05, 3.63) is 12.2 Å². The summed E-state index contributed by atoms with van der Waals surface area (Å²) in [4.78, 5) is 4.15. The number of nitrogens with one attached hydrogen (secondary N) is 1. The Balaban J connectivity index is 1.65. The van der Waals surface area contributed by atoms with Crippen molar-refractivity contribution in [3.8, 4) is 0 Å². The van der Waals surface area contributed by atoms with Gasteiger partial charge in [0.1, 0.15) is 6.33 Å². The maximum Gasteiger partial charge on any atom is 0.164 e. The van der Waals surface area contributed by atoms with Gasteiger partial charge in [-0.05, 0) is 19.3 Å². The van der Waals surface area contributed by atoms with Crippen LogP contribution in [0, 0.1) is 0 Å². The highest BCUT2D eigenvalue weighted by atomic mass is 16.5. The number of ether oxygens (including phenoxy) is 1. The van der Waals surface area contributed by atoms with Gasteiger partial charge in [0.15, 0.2) is 5.82 Å². The van der Waals surface area contributed by atoms with Crippen molar-refractivity contribution in [1.82, 2.24) is 20.1 Å². The van der Waals surface area contributed by atoms with Crippen LogP contribution in [0.15, 0.2) is 6.33 Å². The Bertz CT molecular complexity index is 293. The molecule has 0 spiro atoms. The fraction of sp³-hybridized carbons (Fsp3) is 0.800. The molecule has 1 N–H and O–H groups in total. The molecule has 2 rings (SSSR count). The van der Waals surface area contributed by atoms with E-state index in [0.29, 0.717) is 6.10 Å². The van der Waals surface area contributed by atoms with E-state index in [1.165, 1.54) is 19.3 Å². The second-order valence-corrected chi connectivity index (χ2v) is 3.95. The highest BCUT2D eigenvalue weighted by Crippen LogP contribution is 2.11. The van der Waals surface area contributed by atoms with Crippen molar-refractivity contribution < 1.29 is 4.74 Å². The van der Waals surface area contributed by atoms with E-state index < -0.39 is 0 Å². The summed E-state index contributed by atoms with van der Waals surface area (Å²) < 4.78 is 7.33. The van der Waals surface area contributed by atoms with Crippen LogP contribution in [0.2, 0.25) is 0 Å². The first-order valence-electron chi connectivity index (χ1n) is 5.51. The zero-order chi connectivity index (χ0) is 10.5. The summed E-state index contributed by atoms with van der Waals surface area (Å²) in [7, 11) is 1.88. The minimum atomic E-state index is 0.377. The third-order valence-corrected chi connectivity index (χ3v) is 2.58. The molecular weight excluding hydrogens is 192 g/mol. The average molecular weight is 210 g/mol. The van der Waals surface area contributed by atoms with Gasteiger partial charge in [-0.25, -0.2) is 4.98 Å². The fourth-order valence-corrected chi connectivity index (χ4v) is 1.78. The summed E-state index contributed by atoms with van der Waals surface area (Å²) in [6.07, 6.45) is 5.76. The van der Waals surface area contributed by atoms with Gasteiger partial charge >= 0.3 is 0 Å². The Labute approximate surface area is 89.8 Å². The SMILES string of the molecule is Cn1cnc(CNCC2CCCCO2)n1. The van der Waals surface area contributed by atoms with E-state index in [9.17, 15) is 0 Å². The topological polar surface area (TPSA) is 52.0 Å². The first-order valence-corrected chi connectivity index (χ1v) is 5.51. The molecule has 0 aliphatic carbocycles. The van der Waals surface area contributed by atoms with Crippen LogP contribution in [0.25, 0.3) is 0 Å². The molecule has 1 unspecified atom stereocenters. The molecule has 1 aliphatic rings. The number of nitrogens with zero attached hydrogens (tertiary/aromatic N) is 3. The number of aryl methyl sites for hydroxylation is 1. The molecule has 1 aromatic rings. The molecule has 1 fully saturated rings. The number of rotatable bonds is 4. The minimum Gasteiger partial charge on any atom is -0.377 e. The molecule has 1 aromatic heterocycles. The first kappa shape index (κ1) is 10.6. The molecule has 1 aliphatic heterocycles. The Morgan fingerprint density at radius 2 is 2.53 bits per heavy atom. The van der Waals surface area contributed by atoms with Gasteiger partial charge in [0.2, 0.25) is 0 Å². The van der Waals surface area contributed by atoms with E-state index >= 15 is 0 Å². The highest BCUT2D eigenvalue weighted by molar-refractivity contribution is 4.80. The molecule has 0 bridgehead atoms. The van der Waals surface area contributed by atoms with Gasteiger partial charge in [-0.2, -0.15) is 5.10 Å². The normalized spacial score (nSPS) is 21.8. The maximum absolute atomic E-state index is 5.61. The van der Waals surface area contributed by atoms with Crippen LogP contribution < -0.4 is 5.32 Å². The van der Waals surface area contributed by atoms with Crippen LogP contribution in [0.4, 0.5) is 0 Å². The molecule has 84 valence electrons. The summed E-state index contributed by atoms with van der Waals surface area (Å²) >= 11 is 0. The lowest BCUT2D eigenvalue weighted by Crippen LogP contribution is -2.31. The Kier molecular flexibility index (Phi) is 3.69. The zero-order valence-corrected chi connectivity index (χ0v) is 9.15. The largest absolute Gasteiger partial charge is 0.377 e. The van der Waals surface area contributed by atoms with E-state index in [-0.39, 0.29) is 0 Å². The van der Waals surface area contributed by atoms with Crippen molar-refractivity contribution in [2.45, 2.75) is 31.9 Å². The van der Waals surface area contributed by atoms with E-state index in [2.05, 4.69) is 15.4 Å². The van der Waals surface area contributed by atoms with Crippen molar-refractivity contribution in [3.63, 3.8) is 0 Å². The van der Waals surface area contributed by atoms with Crippen LogP contribution in [0.5, 0.6) is 0 Å². The molecule has 5 nitrogen and oxygen atoms in total. The molecule has 5 heteroatoms. The van der Waals surface area contributed by atoms with Crippen molar-refractivity contribution in [1.29, 1.82) is 0 Å². The van der Waals surface area contributed by atoms with E-state index in [4.69, 9.17) is 4.74 Å². The van der Waals surface area contributed by atoms with Crippen molar-refractivity contribution in [2.24, 2.45) is 7.05 Å². The molecule has 1 saturated heterocycles. The predicted molar refractivity (Wildman–Crippen MR) is 56.3 cm³/mol. The minimum absolute atomic E-state index is 0.377. The molecule has 0 aromatic carbocycles. The van der Waals surface area contributed by atoms with E-state index in [1.807, 2.05) is 7.05 Å². The third kappa shape index (κ3) is 3.28. The number of hydrogen-bond donors (Lipinski definition) is 1. The van der Waals surface area contributed by atoms with Crippen LogP contribution in [-0.4, -0.2) is 34.0 Å². The van der Waals surface area contributed by atoms with E-state index in [0.717, 1.165) is 25.5 Å². The summed E-state index contributed by atoms with van der Waals surface area (Å²) in [5.41, 5.74) is 0. The number of aromatic nitrogens is 3. The van der Waals surface area contributed by atoms with Gasteiger partial charge in [-0.3, -0.25) is 4.68 Å². The summed E-state index contributed by atoms with van der Waals surface area (Å²) in [6, 6.07) is 0. The van der Waals surface area contributed by atoms with Gasteiger partial charge in [0.05, 0.1) is 12.6 Å². The molecule has 1 atom stereocenters. The lowest BCUT2D eigenvalue weighted by Gasteiger charge is -2.22. The van der Waals surface area contributed by atoms with Gasteiger partial charge in [-0.15, -0.1) is 0 Å².